The predicted molar refractivity (Wildman–Crippen MR) is 88.2 cm³/mol. The maximum absolute atomic E-state index is 14.3. The van der Waals surface area contributed by atoms with Crippen molar-refractivity contribution < 1.29 is 14.3 Å². The fraction of sp³-hybridized carbons (Fsp3) is 0.611. The third kappa shape index (κ3) is 3.83. The van der Waals surface area contributed by atoms with Crippen molar-refractivity contribution in [2.45, 2.75) is 50.5 Å². The summed E-state index contributed by atoms with van der Waals surface area (Å²) in [6.07, 6.45) is 6.72. The van der Waals surface area contributed by atoms with Crippen LogP contribution in [0.2, 0.25) is 0 Å². The maximum atomic E-state index is 14.3. The standard InChI is InChI=1S/C18H25FN2O2/c19-15-12-14(6-7-16(15)21-10-4-5-11-21)17(22)20-13-18(23)8-2-1-3-9-18/h6-7,12,23H,1-5,8-11,13H2,(H,20,22). The molecule has 3 rings (SSSR count). The minimum Gasteiger partial charge on any atom is -0.388 e. The molecule has 1 amide bonds. The lowest BCUT2D eigenvalue weighted by Gasteiger charge is -2.32. The monoisotopic (exact) mass is 320 g/mol. The number of nitrogens with one attached hydrogen (secondary N) is 1. The quantitative estimate of drug-likeness (QED) is 0.897. The molecule has 0 bridgehead atoms. The Morgan fingerprint density at radius 1 is 1.17 bits per heavy atom. The Morgan fingerprint density at radius 3 is 2.52 bits per heavy atom. The van der Waals surface area contributed by atoms with E-state index in [-0.39, 0.29) is 18.3 Å². The van der Waals surface area contributed by atoms with Crippen molar-refractivity contribution in [1.29, 1.82) is 0 Å². The third-order valence-electron chi connectivity index (χ3n) is 5.02. The van der Waals surface area contributed by atoms with E-state index >= 15 is 0 Å². The van der Waals surface area contributed by atoms with Crippen LogP contribution in [0.1, 0.15) is 55.3 Å². The van der Waals surface area contributed by atoms with E-state index in [0.717, 1.165) is 58.0 Å². The Hall–Kier alpha value is -1.62. The molecule has 1 aromatic rings. The van der Waals surface area contributed by atoms with Crippen molar-refractivity contribution in [3.05, 3.63) is 29.6 Å². The van der Waals surface area contributed by atoms with Gasteiger partial charge in [-0.2, -0.15) is 0 Å². The largest absolute Gasteiger partial charge is 0.388 e. The van der Waals surface area contributed by atoms with Crippen molar-refractivity contribution in [2.75, 3.05) is 24.5 Å². The van der Waals surface area contributed by atoms with Crippen molar-refractivity contribution in [3.63, 3.8) is 0 Å². The highest BCUT2D eigenvalue weighted by atomic mass is 19.1. The van der Waals surface area contributed by atoms with E-state index in [2.05, 4.69) is 5.32 Å². The molecule has 1 aromatic carbocycles. The Labute approximate surface area is 136 Å². The van der Waals surface area contributed by atoms with Crippen LogP contribution in [0.25, 0.3) is 0 Å². The first kappa shape index (κ1) is 16.2. The molecule has 23 heavy (non-hydrogen) atoms. The molecule has 1 aliphatic carbocycles. The second kappa shape index (κ2) is 6.87. The van der Waals surface area contributed by atoms with Crippen LogP contribution in [0.15, 0.2) is 18.2 Å². The molecule has 2 N–H and O–H groups in total. The van der Waals surface area contributed by atoms with Crippen LogP contribution < -0.4 is 10.2 Å². The number of aliphatic hydroxyl groups is 1. The zero-order chi connectivity index (χ0) is 16.3. The predicted octanol–water partition coefficient (Wildman–Crippen LogP) is 2.85. The summed E-state index contributed by atoms with van der Waals surface area (Å²) in [5.74, 6) is -0.674. The number of benzene rings is 1. The highest BCUT2D eigenvalue weighted by Crippen LogP contribution is 2.28. The van der Waals surface area contributed by atoms with Crippen LogP contribution in [0.5, 0.6) is 0 Å². The Kier molecular flexibility index (Phi) is 4.85. The fourth-order valence-electron chi connectivity index (χ4n) is 3.60. The van der Waals surface area contributed by atoms with Gasteiger partial charge in [0.15, 0.2) is 0 Å². The number of nitrogens with zero attached hydrogens (tertiary/aromatic N) is 1. The molecule has 4 nitrogen and oxygen atoms in total. The highest BCUT2D eigenvalue weighted by Gasteiger charge is 2.29. The van der Waals surface area contributed by atoms with Gasteiger partial charge < -0.3 is 15.3 Å². The van der Waals surface area contributed by atoms with Gasteiger partial charge in [0.05, 0.1) is 11.3 Å². The summed E-state index contributed by atoms with van der Waals surface area (Å²) in [6.45, 7) is 1.98. The van der Waals surface area contributed by atoms with Crippen LogP contribution in [0.4, 0.5) is 10.1 Å². The van der Waals surface area contributed by atoms with Crippen LogP contribution in [0.3, 0.4) is 0 Å². The summed E-state index contributed by atoms with van der Waals surface area (Å²) in [5.41, 5.74) is 0.0805. The minimum absolute atomic E-state index is 0.237. The van der Waals surface area contributed by atoms with Gasteiger partial charge in [-0.1, -0.05) is 19.3 Å². The molecule has 126 valence electrons. The molecule has 0 radical (unpaired) electrons. The summed E-state index contributed by atoms with van der Waals surface area (Å²) in [6, 6.07) is 4.65. The lowest BCUT2D eigenvalue weighted by atomic mass is 9.85. The number of carbonyl (C=O) groups is 1. The van der Waals surface area contributed by atoms with Gasteiger partial charge in [0.2, 0.25) is 0 Å². The first-order chi connectivity index (χ1) is 11.1. The molecule has 1 heterocycles. The first-order valence-corrected chi connectivity index (χ1v) is 8.63. The molecule has 0 atom stereocenters. The van der Waals surface area contributed by atoms with Crippen molar-refractivity contribution in [2.24, 2.45) is 0 Å². The molecule has 0 aromatic heterocycles. The van der Waals surface area contributed by atoms with E-state index in [4.69, 9.17) is 0 Å². The van der Waals surface area contributed by atoms with E-state index in [1.165, 1.54) is 6.07 Å². The van der Waals surface area contributed by atoms with E-state index < -0.39 is 5.60 Å². The zero-order valence-electron chi connectivity index (χ0n) is 13.5. The third-order valence-corrected chi connectivity index (χ3v) is 5.02. The van der Waals surface area contributed by atoms with Gasteiger partial charge in [0.1, 0.15) is 5.82 Å². The summed E-state index contributed by atoms with van der Waals surface area (Å²) in [4.78, 5) is 14.2. The number of amides is 1. The Balaban J connectivity index is 1.62. The lowest BCUT2D eigenvalue weighted by molar-refractivity contribution is 0.00525. The topological polar surface area (TPSA) is 52.6 Å². The second-order valence-electron chi connectivity index (χ2n) is 6.83. The molecule has 2 fully saturated rings. The number of halogens is 1. The minimum atomic E-state index is -0.804. The van der Waals surface area contributed by atoms with Crippen LogP contribution in [-0.4, -0.2) is 36.2 Å². The molecular weight excluding hydrogens is 295 g/mol. The summed E-state index contributed by atoms with van der Waals surface area (Å²) >= 11 is 0. The smallest absolute Gasteiger partial charge is 0.251 e. The number of anilines is 1. The van der Waals surface area contributed by atoms with E-state index in [1.54, 1.807) is 12.1 Å². The first-order valence-electron chi connectivity index (χ1n) is 8.63. The van der Waals surface area contributed by atoms with Crippen molar-refractivity contribution >= 4 is 11.6 Å². The summed E-state index contributed by atoms with van der Waals surface area (Å²) < 4.78 is 14.3. The van der Waals surface area contributed by atoms with Crippen LogP contribution >= 0.6 is 0 Å². The van der Waals surface area contributed by atoms with Crippen LogP contribution in [0, 0.1) is 5.82 Å². The Bertz CT molecular complexity index is 564. The van der Waals surface area contributed by atoms with Gasteiger partial charge in [0.25, 0.3) is 5.91 Å². The average molecular weight is 320 g/mol. The lowest BCUT2D eigenvalue weighted by Crippen LogP contribution is -2.44. The highest BCUT2D eigenvalue weighted by molar-refractivity contribution is 5.94. The Morgan fingerprint density at radius 2 is 1.87 bits per heavy atom. The molecule has 0 spiro atoms. The number of hydrogen-bond acceptors (Lipinski definition) is 3. The number of rotatable bonds is 4. The second-order valence-corrected chi connectivity index (χ2v) is 6.83. The molecule has 1 aliphatic heterocycles. The maximum Gasteiger partial charge on any atom is 0.251 e. The van der Waals surface area contributed by atoms with Gasteiger partial charge >= 0.3 is 0 Å². The molecule has 1 saturated carbocycles. The van der Waals surface area contributed by atoms with Gasteiger partial charge in [-0.05, 0) is 43.9 Å². The van der Waals surface area contributed by atoms with Gasteiger partial charge in [-0.15, -0.1) is 0 Å². The number of carbonyl (C=O) groups excluding carboxylic acids is 1. The van der Waals surface area contributed by atoms with Crippen molar-refractivity contribution in [3.8, 4) is 0 Å². The van der Waals surface area contributed by atoms with E-state index in [1.807, 2.05) is 4.90 Å². The van der Waals surface area contributed by atoms with E-state index in [9.17, 15) is 14.3 Å². The summed E-state index contributed by atoms with van der Waals surface area (Å²) in [7, 11) is 0. The normalized spacial score (nSPS) is 20.5. The average Bonchev–Trinajstić information content (AvgIpc) is 3.07. The molecule has 5 heteroatoms. The van der Waals surface area contributed by atoms with E-state index in [0.29, 0.717) is 11.3 Å². The van der Waals surface area contributed by atoms with Gasteiger partial charge in [-0.25, -0.2) is 4.39 Å². The summed E-state index contributed by atoms with van der Waals surface area (Å²) in [5, 5.41) is 13.2. The van der Waals surface area contributed by atoms with Gasteiger partial charge in [0, 0.05) is 25.2 Å². The zero-order valence-corrected chi connectivity index (χ0v) is 13.5. The fourth-order valence-corrected chi connectivity index (χ4v) is 3.60. The molecule has 0 unspecified atom stereocenters. The van der Waals surface area contributed by atoms with Crippen molar-refractivity contribution in [1.82, 2.24) is 5.32 Å². The van der Waals surface area contributed by atoms with Crippen LogP contribution in [-0.2, 0) is 0 Å². The molecular formula is C18H25FN2O2. The molecule has 2 aliphatic rings. The SMILES string of the molecule is O=C(NCC1(O)CCCCC1)c1ccc(N2CCCC2)c(F)c1. The molecule has 1 saturated heterocycles. The number of hydrogen-bond donors (Lipinski definition) is 2. The van der Waals surface area contributed by atoms with Gasteiger partial charge in [-0.3, -0.25) is 4.79 Å².